The minimum absolute atomic E-state index is 0.0926. The van der Waals surface area contributed by atoms with Gasteiger partial charge in [-0.25, -0.2) is 4.98 Å². The van der Waals surface area contributed by atoms with Gasteiger partial charge in [-0.2, -0.15) is 0 Å². The molecular formula is C13H14BrClN2O2. The van der Waals surface area contributed by atoms with E-state index in [9.17, 15) is 4.79 Å². The zero-order valence-corrected chi connectivity index (χ0v) is 12.6. The highest BCUT2D eigenvalue weighted by Crippen LogP contribution is 2.38. The smallest absolute Gasteiger partial charge is 0.254 e. The van der Waals surface area contributed by atoms with E-state index in [-0.39, 0.29) is 23.2 Å². The normalized spacial score (nSPS) is 26.4. The van der Waals surface area contributed by atoms with Crippen molar-refractivity contribution in [3.8, 4) is 0 Å². The maximum absolute atomic E-state index is 12.3. The van der Waals surface area contributed by atoms with E-state index < -0.39 is 0 Å². The molecule has 2 unspecified atom stereocenters. The summed E-state index contributed by atoms with van der Waals surface area (Å²) in [6, 6.07) is 1.78. The van der Waals surface area contributed by atoms with Crippen LogP contribution in [-0.2, 0) is 4.74 Å². The van der Waals surface area contributed by atoms with Crippen molar-refractivity contribution in [2.75, 3.05) is 6.61 Å². The number of amides is 1. The molecule has 1 amide bonds. The Kier molecular flexibility index (Phi) is 3.78. The van der Waals surface area contributed by atoms with Gasteiger partial charge in [-0.1, -0.05) is 11.6 Å². The first-order chi connectivity index (χ1) is 9.15. The molecule has 0 aromatic carbocycles. The Morgan fingerprint density at radius 2 is 2.26 bits per heavy atom. The number of ether oxygens (including phenoxy) is 1. The minimum atomic E-state index is -0.181. The van der Waals surface area contributed by atoms with Crippen LogP contribution in [0.15, 0.2) is 16.7 Å². The Morgan fingerprint density at radius 1 is 1.47 bits per heavy atom. The SMILES string of the molecule is O=C(NC1CCOC1C1CC1)c1cc(Br)cnc1Cl. The fraction of sp³-hybridized carbons (Fsp3) is 0.538. The van der Waals surface area contributed by atoms with Crippen molar-refractivity contribution in [1.82, 2.24) is 10.3 Å². The maximum Gasteiger partial charge on any atom is 0.254 e. The second-order valence-corrected chi connectivity index (χ2v) is 6.31. The second kappa shape index (κ2) is 5.38. The zero-order valence-electron chi connectivity index (χ0n) is 10.2. The van der Waals surface area contributed by atoms with Crippen LogP contribution in [0.2, 0.25) is 5.15 Å². The van der Waals surface area contributed by atoms with Crippen LogP contribution in [0.5, 0.6) is 0 Å². The average molecular weight is 346 g/mol. The van der Waals surface area contributed by atoms with Gasteiger partial charge in [0.25, 0.3) is 5.91 Å². The highest BCUT2D eigenvalue weighted by atomic mass is 79.9. The number of nitrogens with one attached hydrogen (secondary N) is 1. The van der Waals surface area contributed by atoms with Gasteiger partial charge in [0.15, 0.2) is 0 Å². The van der Waals surface area contributed by atoms with Gasteiger partial charge in [-0.3, -0.25) is 4.79 Å². The summed E-state index contributed by atoms with van der Waals surface area (Å²) in [7, 11) is 0. The monoisotopic (exact) mass is 344 g/mol. The van der Waals surface area contributed by atoms with E-state index in [0.29, 0.717) is 11.5 Å². The molecule has 2 aliphatic rings. The van der Waals surface area contributed by atoms with Gasteiger partial charge in [0, 0.05) is 17.3 Å². The predicted molar refractivity (Wildman–Crippen MR) is 75.3 cm³/mol. The van der Waals surface area contributed by atoms with Crippen molar-refractivity contribution in [2.24, 2.45) is 5.92 Å². The number of rotatable bonds is 3. The maximum atomic E-state index is 12.3. The highest BCUT2D eigenvalue weighted by Gasteiger charge is 2.41. The quantitative estimate of drug-likeness (QED) is 0.857. The van der Waals surface area contributed by atoms with E-state index in [1.54, 1.807) is 12.3 Å². The van der Waals surface area contributed by atoms with Crippen molar-refractivity contribution in [3.05, 3.63) is 27.5 Å². The molecular weight excluding hydrogens is 332 g/mol. The van der Waals surface area contributed by atoms with Crippen LogP contribution in [0, 0.1) is 5.92 Å². The molecule has 1 N–H and O–H groups in total. The van der Waals surface area contributed by atoms with Gasteiger partial charge < -0.3 is 10.1 Å². The lowest BCUT2D eigenvalue weighted by molar-refractivity contribution is 0.0729. The summed E-state index contributed by atoms with van der Waals surface area (Å²) in [5, 5.41) is 3.25. The number of hydrogen-bond donors (Lipinski definition) is 1. The van der Waals surface area contributed by atoms with Crippen molar-refractivity contribution in [3.63, 3.8) is 0 Å². The Bertz CT molecular complexity index is 507. The number of carbonyl (C=O) groups excluding carboxylic acids is 1. The summed E-state index contributed by atoms with van der Waals surface area (Å²) in [6.07, 6.45) is 5.02. The molecule has 0 bridgehead atoms. The number of nitrogens with zero attached hydrogens (tertiary/aromatic N) is 1. The molecule has 1 aromatic rings. The molecule has 2 heterocycles. The summed E-state index contributed by atoms with van der Waals surface area (Å²) in [5.74, 6) is 0.434. The Balaban J connectivity index is 1.72. The van der Waals surface area contributed by atoms with Crippen LogP contribution in [0.1, 0.15) is 29.6 Å². The van der Waals surface area contributed by atoms with Gasteiger partial charge in [-0.05, 0) is 47.2 Å². The standard InChI is InChI=1S/C13H14BrClN2O2/c14-8-5-9(12(15)16-6-8)13(18)17-10-3-4-19-11(10)7-1-2-7/h5-7,10-11H,1-4H2,(H,17,18). The van der Waals surface area contributed by atoms with Crippen LogP contribution in [0.4, 0.5) is 0 Å². The molecule has 102 valence electrons. The van der Waals surface area contributed by atoms with Crippen LogP contribution >= 0.6 is 27.5 Å². The van der Waals surface area contributed by atoms with E-state index in [1.165, 1.54) is 12.8 Å². The Morgan fingerprint density at radius 3 is 3.00 bits per heavy atom. The first kappa shape index (κ1) is 13.3. The molecule has 19 heavy (non-hydrogen) atoms. The molecule has 1 saturated heterocycles. The van der Waals surface area contributed by atoms with Gasteiger partial charge in [0.2, 0.25) is 0 Å². The molecule has 6 heteroatoms. The molecule has 2 atom stereocenters. The molecule has 0 spiro atoms. The molecule has 4 nitrogen and oxygen atoms in total. The van der Waals surface area contributed by atoms with Crippen LogP contribution in [-0.4, -0.2) is 29.6 Å². The molecule has 1 saturated carbocycles. The largest absolute Gasteiger partial charge is 0.376 e. The van der Waals surface area contributed by atoms with E-state index in [4.69, 9.17) is 16.3 Å². The fourth-order valence-electron chi connectivity index (χ4n) is 2.48. The van der Waals surface area contributed by atoms with E-state index in [0.717, 1.165) is 17.5 Å². The minimum Gasteiger partial charge on any atom is -0.376 e. The first-order valence-electron chi connectivity index (χ1n) is 6.38. The third-order valence-corrected chi connectivity index (χ3v) is 4.32. The highest BCUT2D eigenvalue weighted by molar-refractivity contribution is 9.10. The van der Waals surface area contributed by atoms with Crippen LogP contribution in [0.25, 0.3) is 0 Å². The summed E-state index contributed by atoms with van der Waals surface area (Å²) in [4.78, 5) is 16.2. The summed E-state index contributed by atoms with van der Waals surface area (Å²) in [6.45, 7) is 0.719. The third-order valence-electron chi connectivity index (χ3n) is 3.59. The summed E-state index contributed by atoms with van der Waals surface area (Å²) < 4.78 is 6.45. The molecule has 1 aromatic heterocycles. The van der Waals surface area contributed by atoms with E-state index in [2.05, 4.69) is 26.2 Å². The molecule has 0 radical (unpaired) electrons. The fourth-order valence-corrected chi connectivity index (χ4v) is 3.00. The topological polar surface area (TPSA) is 51.2 Å². The van der Waals surface area contributed by atoms with E-state index in [1.807, 2.05) is 0 Å². The molecule has 3 rings (SSSR count). The summed E-state index contributed by atoms with van der Waals surface area (Å²) in [5.41, 5.74) is 0.400. The van der Waals surface area contributed by atoms with E-state index >= 15 is 0 Å². The lowest BCUT2D eigenvalue weighted by Crippen LogP contribution is -2.41. The van der Waals surface area contributed by atoms with Gasteiger partial charge in [0.05, 0.1) is 17.7 Å². The number of pyridine rings is 1. The number of hydrogen-bond acceptors (Lipinski definition) is 3. The lowest BCUT2D eigenvalue weighted by atomic mass is 10.1. The second-order valence-electron chi connectivity index (χ2n) is 5.03. The molecule has 2 fully saturated rings. The van der Waals surface area contributed by atoms with Crippen molar-refractivity contribution in [1.29, 1.82) is 0 Å². The number of aromatic nitrogens is 1. The number of halogens is 2. The Hall–Kier alpha value is -0.650. The zero-order chi connectivity index (χ0) is 13.4. The Labute approximate surface area is 125 Å². The van der Waals surface area contributed by atoms with Crippen LogP contribution in [0.3, 0.4) is 0 Å². The number of carbonyl (C=O) groups is 1. The van der Waals surface area contributed by atoms with Gasteiger partial charge >= 0.3 is 0 Å². The van der Waals surface area contributed by atoms with Crippen molar-refractivity contribution < 1.29 is 9.53 Å². The van der Waals surface area contributed by atoms with Gasteiger partial charge in [-0.15, -0.1) is 0 Å². The van der Waals surface area contributed by atoms with Crippen molar-refractivity contribution in [2.45, 2.75) is 31.4 Å². The lowest BCUT2D eigenvalue weighted by Gasteiger charge is -2.19. The summed E-state index contributed by atoms with van der Waals surface area (Å²) >= 11 is 9.26. The molecule has 1 aliphatic heterocycles. The van der Waals surface area contributed by atoms with Crippen molar-refractivity contribution >= 4 is 33.4 Å². The van der Waals surface area contributed by atoms with Gasteiger partial charge in [0.1, 0.15) is 5.15 Å². The third kappa shape index (κ3) is 2.93. The van der Waals surface area contributed by atoms with Crippen LogP contribution < -0.4 is 5.32 Å². The first-order valence-corrected chi connectivity index (χ1v) is 7.56. The molecule has 1 aliphatic carbocycles. The predicted octanol–water partition coefficient (Wildman–Crippen LogP) is 2.79. The average Bonchev–Trinajstić information content (AvgIpc) is 3.13.